The van der Waals surface area contributed by atoms with Crippen LogP contribution in [0.15, 0.2) is 65.7 Å². The van der Waals surface area contributed by atoms with Crippen molar-refractivity contribution in [3.05, 3.63) is 77.6 Å². The largest absolute Gasteiger partial charge is 0.371 e. The van der Waals surface area contributed by atoms with Gasteiger partial charge in [0.2, 0.25) is 0 Å². The molecule has 2 bridgehead atoms. The molecule has 3 aromatic heterocycles. The quantitative estimate of drug-likeness (QED) is 0.351. The van der Waals surface area contributed by atoms with Crippen LogP contribution in [0.4, 0.5) is 5.82 Å². The van der Waals surface area contributed by atoms with Gasteiger partial charge in [0.1, 0.15) is 5.82 Å². The lowest BCUT2D eigenvalue weighted by atomic mass is 10.1. The number of carbonyl (C=O) groups excluding carboxylic acids is 1. The van der Waals surface area contributed by atoms with E-state index in [2.05, 4.69) is 15.2 Å². The molecule has 3 fully saturated rings. The Labute approximate surface area is 238 Å². The maximum absolute atomic E-state index is 12.9. The van der Waals surface area contributed by atoms with Crippen LogP contribution in [-0.4, -0.2) is 60.8 Å². The maximum Gasteiger partial charge on any atom is 0.251 e. The third kappa shape index (κ3) is 5.41. The van der Waals surface area contributed by atoms with Crippen LogP contribution in [0.25, 0.3) is 22.3 Å². The Morgan fingerprint density at radius 1 is 0.976 bits per heavy atom. The zero-order valence-corrected chi connectivity index (χ0v) is 23.6. The molecule has 1 saturated carbocycles. The third-order valence-corrected chi connectivity index (χ3v) is 9.27. The van der Waals surface area contributed by atoms with Gasteiger partial charge in [-0.1, -0.05) is 12.1 Å². The number of carbonyl (C=O) groups is 1. The molecule has 210 valence electrons. The molecule has 7 rings (SSSR count). The second-order valence-corrected chi connectivity index (χ2v) is 13.3. The summed E-state index contributed by atoms with van der Waals surface area (Å²) in [6.45, 7) is 1.91. The van der Waals surface area contributed by atoms with Gasteiger partial charge < -0.3 is 15.0 Å². The first-order valence-corrected chi connectivity index (χ1v) is 15.9. The summed E-state index contributed by atoms with van der Waals surface area (Å²) >= 11 is 0. The topological polar surface area (TPSA) is 114 Å². The first kappa shape index (κ1) is 26.0. The summed E-state index contributed by atoms with van der Waals surface area (Å²) in [7, 11) is -3.44. The van der Waals surface area contributed by atoms with Crippen LogP contribution in [0.3, 0.4) is 0 Å². The average Bonchev–Trinajstić information content (AvgIpc) is 3.78. The van der Waals surface area contributed by atoms with Gasteiger partial charge in [0, 0.05) is 36.5 Å². The molecule has 5 heterocycles. The molecular formula is C31H31N5O4S. The summed E-state index contributed by atoms with van der Waals surface area (Å²) in [5, 5.41) is 3.76. The van der Waals surface area contributed by atoms with Crippen LogP contribution >= 0.6 is 0 Å². The van der Waals surface area contributed by atoms with E-state index >= 15 is 0 Å². The van der Waals surface area contributed by atoms with Crippen LogP contribution < -0.4 is 10.2 Å². The molecule has 2 atom stereocenters. The van der Waals surface area contributed by atoms with Crippen molar-refractivity contribution in [1.82, 2.24) is 20.3 Å². The first-order chi connectivity index (χ1) is 19.8. The van der Waals surface area contributed by atoms with Gasteiger partial charge in [0.15, 0.2) is 9.84 Å². The number of aromatic nitrogens is 3. The Balaban J connectivity index is 1.08. The molecule has 0 radical (unpaired) electrons. The molecule has 9 nitrogen and oxygen atoms in total. The van der Waals surface area contributed by atoms with E-state index in [1.807, 2.05) is 36.4 Å². The minimum atomic E-state index is -3.44. The number of anilines is 1. The minimum Gasteiger partial charge on any atom is -0.371 e. The first-order valence-electron chi connectivity index (χ1n) is 14.1. The number of amides is 1. The Morgan fingerprint density at radius 2 is 1.76 bits per heavy atom. The van der Waals surface area contributed by atoms with Crippen molar-refractivity contribution in [2.75, 3.05) is 24.2 Å². The van der Waals surface area contributed by atoms with Gasteiger partial charge >= 0.3 is 0 Å². The monoisotopic (exact) mass is 569 g/mol. The zero-order valence-electron chi connectivity index (χ0n) is 22.8. The Bertz CT molecular complexity index is 1760. The lowest BCUT2D eigenvalue weighted by Crippen LogP contribution is -2.43. The van der Waals surface area contributed by atoms with Crippen molar-refractivity contribution < 1.29 is 17.9 Å². The van der Waals surface area contributed by atoms with Gasteiger partial charge in [-0.2, -0.15) is 0 Å². The number of nitrogens with one attached hydrogen (secondary N) is 1. The van der Waals surface area contributed by atoms with Gasteiger partial charge in [-0.25, -0.2) is 18.4 Å². The van der Waals surface area contributed by atoms with Gasteiger partial charge in [-0.05, 0) is 79.6 Å². The number of sulfone groups is 1. The predicted octanol–water partition coefficient (Wildman–Crippen LogP) is 4.27. The van der Waals surface area contributed by atoms with Gasteiger partial charge in [-0.3, -0.25) is 9.78 Å². The van der Waals surface area contributed by atoms with Crippen molar-refractivity contribution >= 4 is 32.5 Å². The second-order valence-electron chi connectivity index (χ2n) is 11.3. The van der Waals surface area contributed by atoms with E-state index in [0.29, 0.717) is 11.3 Å². The molecule has 0 spiro atoms. The van der Waals surface area contributed by atoms with E-state index in [0.717, 1.165) is 72.4 Å². The number of morpholine rings is 1. The van der Waals surface area contributed by atoms with Crippen LogP contribution in [0.2, 0.25) is 0 Å². The Kier molecular flexibility index (Phi) is 6.47. The average molecular weight is 570 g/mol. The van der Waals surface area contributed by atoms with Gasteiger partial charge in [0.05, 0.1) is 46.2 Å². The number of rotatable bonds is 7. The number of ether oxygens (including phenoxy) is 1. The van der Waals surface area contributed by atoms with E-state index in [1.54, 1.807) is 18.3 Å². The van der Waals surface area contributed by atoms with E-state index in [4.69, 9.17) is 14.7 Å². The van der Waals surface area contributed by atoms with Crippen molar-refractivity contribution in [2.24, 2.45) is 0 Å². The summed E-state index contributed by atoms with van der Waals surface area (Å²) in [4.78, 5) is 29.8. The second kappa shape index (κ2) is 10.2. The van der Waals surface area contributed by atoms with E-state index < -0.39 is 9.84 Å². The van der Waals surface area contributed by atoms with E-state index in [9.17, 15) is 13.2 Å². The number of hydrogen-bond acceptors (Lipinski definition) is 8. The summed E-state index contributed by atoms with van der Waals surface area (Å²) < 4.78 is 30.7. The summed E-state index contributed by atoms with van der Waals surface area (Å²) in [6.07, 6.45) is 7.68. The summed E-state index contributed by atoms with van der Waals surface area (Å²) in [5.74, 6) is 0.855. The predicted molar refractivity (Wildman–Crippen MR) is 156 cm³/mol. The van der Waals surface area contributed by atoms with Crippen LogP contribution in [0.5, 0.6) is 0 Å². The molecule has 1 aliphatic carbocycles. The number of benzene rings is 1. The fraction of sp³-hybridized carbons (Fsp3) is 0.355. The molecule has 2 unspecified atom stereocenters. The molecule has 1 aromatic carbocycles. The lowest BCUT2D eigenvalue weighted by Gasteiger charge is -2.33. The molecule has 1 N–H and O–H groups in total. The molecule has 4 aromatic rings. The highest BCUT2D eigenvalue weighted by Crippen LogP contribution is 2.43. The van der Waals surface area contributed by atoms with Crippen LogP contribution in [0.1, 0.15) is 53.2 Å². The number of hydrogen-bond donors (Lipinski definition) is 1. The Morgan fingerprint density at radius 3 is 2.51 bits per heavy atom. The highest BCUT2D eigenvalue weighted by Gasteiger charge is 2.34. The molecule has 2 saturated heterocycles. The van der Waals surface area contributed by atoms with E-state index in [-0.39, 0.29) is 35.5 Å². The maximum atomic E-state index is 12.9. The fourth-order valence-corrected chi connectivity index (χ4v) is 6.85. The van der Waals surface area contributed by atoms with Crippen molar-refractivity contribution in [2.45, 2.75) is 55.2 Å². The molecule has 2 aliphatic heterocycles. The number of pyridine rings is 3. The molecule has 10 heteroatoms. The third-order valence-electron chi connectivity index (χ3n) is 8.12. The number of fused-ring (bicyclic) bond motifs is 3. The smallest absolute Gasteiger partial charge is 0.251 e. The van der Waals surface area contributed by atoms with Crippen molar-refractivity contribution in [3.63, 3.8) is 0 Å². The molecule has 3 aliphatic rings. The lowest BCUT2D eigenvalue weighted by molar-refractivity contribution is 0.0302. The standard InChI is InChI=1S/C31H31N5O4S/c1-41(38,39)29-13-20(7-11-25(29)19-5-6-19)31(37)33-16-22-14-28-21(15-32-22)8-12-27(34-28)26-3-2-4-30(35-26)36-17-23-9-10-24(18-36)40-23/h2-4,7-8,11-15,19,23-24H,5-6,9-10,16-18H2,1H3,(H,33,37). The highest BCUT2D eigenvalue weighted by molar-refractivity contribution is 7.90. The molecular weight excluding hydrogens is 538 g/mol. The number of nitrogens with zero attached hydrogens (tertiary/aromatic N) is 4. The zero-order chi connectivity index (χ0) is 28.1. The van der Waals surface area contributed by atoms with Crippen molar-refractivity contribution in [3.8, 4) is 11.4 Å². The highest BCUT2D eigenvalue weighted by atomic mass is 32.2. The SMILES string of the molecule is CS(=O)(=O)c1cc(C(=O)NCc2cc3nc(-c4cccc(N5CC6CCC(C5)O6)n4)ccc3cn2)ccc1C1CC1. The molecule has 1 amide bonds. The van der Waals surface area contributed by atoms with E-state index in [1.165, 1.54) is 12.3 Å². The summed E-state index contributed by atoms with van der Waals surface area (Å²) in [6, 6.07) is 16.8. The minimum absolute atomic E-state index is 0.187. The Hall–Kier alpha value is -3.89. The molecule has 41 heavy (non-hydrogen) atoms. The van der Waals surface area contributed by atoms with Crippen molar-refractivity contribution in [1.29, 1.82) is 0 Å². The summed E-state index contributed by atoms with van der Waals surface area (Å²) in [5.41, 5.74) is 4.09. The van der Waals surface area contributed by atoms with Gasteiger partial charge in [-0.15, -0.1) is 0 Å². The van der Waals surface area contributed by atoms with Crippen LogP contribution in [-0.2, 0) is 21.1 Å². The normalized spacial score (nSPS) is 20.4. The van der Waals surface area contributed by atoms with Gasteiger partial charge in [0.25, 0.3) is 5.91 Å². The van der Waals surface area contributed by atoms with Crippen LogP contribution in [0, 0.1) is 0 Å². The fourth-order valence-electron chi connectivity index (χ4n) is 5.84.